The maximum atomic E-state index is 5.74. The minimum absolute atomic E-state index is 0.500. The average molecular weight is 368 g/mol. The zero-order valence-electron chi connectivity index (χ0n) is 10.9. The van der Waals surface area contributed by atoms with Crippen LogP contribution in [0.3, 0.4) is 0 Å². The van der Waals surface area contributed by atoms with Gasteiger partial charge in [0.1, 0.15) is 12.4 Å². The molecule has 100 valence electrons. The molecule has 0 radical (unpaired) electrons. The number of pyridine rings is 1. The van der Waals surface area contributed by atoms with E-state index in [9.17, 15) is 0 Å². The van der Waals surface area contributed by atoms with E-state index in [0.29, 0.717) is 6.61 Å². The molecule has 4 heteroatoms. The Balaban J connectivity index is 1.95. The first-order valence-electron chi connectivity index (χ1n) is 6.32. The third-order valence-corrected chi connectivity index (χ3v) is 3.27. The first-order chi connectivity index (χ1) is 9.28. The molecule has 3 nitrogen and oxygen atoms in total. The van der Waals surface area contributed by atoms with Crippen LogP contribution in [0.15, 0.2) is 42.5 Å². The minimum Gasteiger partial charge on any atom is -0.487 e. The molecule has 0 saturated carbocycles. The third kappa shape index (κ3) is 4.80. The molecule has 0 saturated heterocycles. The normalized spacial score (nSPS) is 10.4. The Morgan fingerprint density at radius 1 is 1.16 bits per heavy atom. The lowest BCUT2D eigenvalue weighted by Crippen LogP contribution is -2.13. The van der Waals surface area contributed by atoms with Gasteiger partial charge < -0.3 is 10.1 Å². The van der Waals surface area contributed by atoms with Gasteiger partial charge in [-0.1, -0.05) is 19.1 Å². The number of nitrogens with one attached hydrogen (secondary N) is 1. The predicted molar refractivity (Wildman–Crippen MR) is 85.1 cm³/mol. The molecule has 0 bridgehead atoms. The van der Waals surface area contributed by atoms with Gasteiger partial charge in [0.15, 0.2) is 0 Å². The van der Waals surface area contributed by atoms with Gasteiger partial charge in [-0.15, -0.1) is 0 Å². The van der Waals surface area contributed by atoms with Crippen LogP contribution >= 0.6 is 22.6 Å². The van der Waals surface area contributed by atoms with Crippen LogP contribution in [0.4, 0.5) is 0 Å². The zero-order chi connectivity index (χ0) is 13.5. The summed E-state index contributed by atoms with van der Waals surface area (Å²) < 4.78 is 6.91. The lowest BCUT2D eigenvalue weighted by Gasteiger charge is -2.08. The molecular formula is C15H17IN2O. The maximum Gasteiger partial charge on any atom is 0.130 e. The Labute approximate surface area is 127 Å². The highest BCUT2D eigenvalue weighted by atomic mass is 127. The second-order valence-corrected chi connectivity index (χ2v) is 5.39. The molecule has 0 amide bonds. The zero-order valence-corrected chi connectivity index (χ0v) is 13.1. The Morgan fingerprint density at radius 3 is 2.74 bits per heavy atom. The SMILES string of the molecule is CCNCc1cccc(COc2cccc(I)c2)n1. The van der Waals surface area contributed by atoms with E-state index in [4.69, 9.17) is 4.74 Å². The Morgan fingerprint density at radius 2 is 1.95 bits per heavy atom. The fraction of sp³-hybridized carbons (Fsp3) is 0.267. The van der Waals surface area contributed by atoms with E-state index in [1.807, 2.05) is 42.5 Å². The summed E-state index contributed by atoms with van der Waals surface area (Å²) in [5, 5.41) is 3.27. The van der Waals surface area contributed by atoms with Crippen LogP contribution in [-0.4, -0.2) is 11.5 Å². The van der Waals surface area contributed by atoms with Crippen molar-refractivity contribution in [3.63, 3.8) is 0 Å². The molecule has 19 heavy (non-hydrogen) atoms. The number of halogens is 1. The van der Waals surface area contributed by atoms with Crippen LogP contribution in [0.1, 0.15) is 18.3 Å². The second-order valence-electron chi connectivity index (χ2n) is 4.15. The van der Waals surface area contributed by atoms with E-state index in [1.54, 1.807) is 0 Å². The van der Waals surface area contributed by atoms with Crippen molar-refractivity contribution in [2.75, 3.05) is 6.54 Å². The van der Waals surface area contributed by atoms with E-state index in [1.165, 1.54) is 3.57 Å². The molecule has 1 aromatic heterocycles. The lowest BCUT2D eigenvalue weighted by molar-refractivity contribution is 0.300. The van der Waals surface area contributed by atoms with E-state index in [-0.39, 0.29) is 0 Å². The number of benzene rings is 1. The van der Waals surface area contributed by atoms with Gasteiger partial charge in [-0.3, -0.25) is 4.98 Å². The van der Waals surface area contributed by atoms with Crippen molar-refractivity contribution in [1.29, 1.82) is 0 Å². The molecule has 0 unspecified atom stereocenters. The molecule has 0 fully saturated rings. The molecule has 2 rings (SSSR count). The third-order valence-electron chi connectivity index (χ3n) is 2.60. The van der Waals surface area contributed by atoms with Crippen LogP contribution in [0.25, 0.3) is 0 Å². The highest BCUT2D eigenvalue weighted by Crippen LogP contribution is 2.16. The van der Waals surface area contributed by atoms with Crippen molar-refractivity contribution in [1.82, 2.24) is 10.3 Å². The van der Waals surface area contributed by atoms with Crippen molar-refractivity contribution in [2.45, 2.75) is 20.1 Å². The Bertz CT molecular complexity index is 531. The van der Waals surface area contributed by atoms with Crippen LogP contribution in [0.2, 0.25) is 0 Å². The van der Waals surface area contributed by atoms with Gasteiger partial charge in [0.2, 0.25) is 0 Å². The second kappa shape index (κ2) is 7.45. The number of ether oxygens (including phenoxy) is 1. The number of nitrogens with zero attached hydrogens (tertiary/aromatic N) is 1. The topological polar surface area (TPSA) is 34.1 Å². The van der Waals surface area contributed by atoms with Crippen LogP contribution in [0, 0.1) is 3.57 Å². The van der Waals surface area contributed by atoms with E-state index < -0.39 is 0 Å². The van der Waals surface area contributed by atoms with Crippen LogP contribution < -0.4 is 10.1 Å². The van der Waals surface area contributed by atoms with E-state index in [0.717, 1.165) is 30.2 Å². The first kappa shape index (κ1) is 14.3. The summed E-state index contributed by atoms with van der Waals surface area (Å²) in [6.07, 6.45) is 0. The maximum absolute atomic E-state index is 5.74. The quantitative estimate of drug-likeness (QED) is 0.794. The van der Waals surface area contributed by atoms with Crippen LogP contribution in [0.5, 0.6) is 5.75 Å². The first-order valence-corrected chi connectivity index (χ1v) is 7.39. The highest BCUT2D eigenvalue weighted by Gasteiger charge is 2.00. The number of hydrogen-bond acceptors (Lipinski definition) is 3. The van der Waals surface area contributed by atoms with Crippen molar-refractivity contribution >= 4 is 22.6 Å². The molecule has 0 atom stereocenters. The van der Waals surface area contributed by atoms with Gasteiger partial charge in [-0.05, 0) is 59.5 Å². The summed E-state index contributed by atoms with van der Waals surface area (Å²) in [7, 11) is 0. The molecule has 1 heterocycles. The van der Waals surface area contributed by atoms with Crippen LogP contribution in [-0.2, 0) is 13.2 Å². The van der Waals surface area contributed by atoms with Gasteiger partial charge in [0, 0.05) is 10.1 Å². The average Bonchev–Trinajstić information content (AvgIpc) is 2.43. The van der Waals surface area contributed by atoms with Crippen molar-refractivity contribution in [3.8, 4) is 5.75 Å². The summed E-state index contributed by atoms with van der Waals surface area (Å²) >= 11 is 2.28. The number of aromatic nitrogens is 1. The summed E-state index contributed by atoms with van der Waals surface area (Å²) in [4.78, 5) is 4.56. The predicted octanol–water partition coefficient (Wildman–Crippen LogP) is 3.37. The lowest BCUT2D eigenvalue weighted by atomic mass is 10.3. The molecule has 0 aliphatic carbocycles. The van der Waals surface area contributed by atoms with Crippen molar-refractivity contribution in [2.24, 2.45) is 0 Å². The Kier molecular flexibility index (Phi) is 5.60. The summed E-state index contributed by atoms with van der Waals surface area (Å²) in [6, 6.07) is 14.1. The summed E-state index contributed by atoms with van der Waals surface area (Å²) in [5.41, 5.74) is 2.00. The fourth-order valence-corrected chi connectivity index (χ4v) is 2.19. The van der Waals surface area contributed by atoms with Gasteiger partial charge in [-0.25, -0.2) is 0 Å². The fourth-order valence-electron chi connectivity index (χ4n) is 1.68. The molecular weight excluding hydrogens is 351 g/mol. The standard InChI is InChI=1S/C15H17IN2O/c1-2-17-10-13-6-4-7-14(18-13)11-19-15-8-3-5-12(16)9-15/h3-9,17H,2,10-11H2,1H3. The number of hydrogen-bond donors (Lipinski definition) is 1. The molecule has 0 aliphatic rings. The largest absolute Gasteiger partial charge is 0.487 e. The molecule has 1 N–H and O–H groups in total. The van der Waals surface area contributed by atoms with Gasteiger partial charge >= 0.3 is 0 Å². The van der Waals surface area contributed by atoms with Gasteiger partial charge in [0.05, 0.1) is 11.4 Å². The Hall–Kier alpha value is -1.14. The van der Waals surface area contributed by atoms with Crippen molar-refractivity contribution < 1.29 is 4.74 Å². The van der Waals surface area contributed by atoms with Gasteiger partial charge in [-0.2, -0.15) is 0 Å². The van der Waals surface area contributed by atoms with E-state index in [2.05, 4.69) is 39.8 Å². The summed E-state index contributed by atoms with van der Waals surface area (Å²) in [6.45, 7) is 4.34. The molecule has 0 spiro atoms. The highest BCUT2D eigenvalue weighted by molar-refractivity contribution is 14.1. The van der Waals surface area contributed by atoms with E-state index >= 15 is 0 Å². The summed E-state index contributed by atoms with van der Waals surface area (Å²) in [5.74, 6) is 0.880. The minimum atomic E-state index is 0.500. The smallest absolute Gasteiger partial charge is 0.130 e. The molecule has 2 aromatic rings. The number of rotatable bonds is 6. The van der Waals surface area contributed by atoms with Crippen molar-refractivity contribution in [3.05, 3.63) is 57.4 Å². The molecule has 0 aliphatic heterocycles. The monoisotopic (exact) mass is 368 g/mol. The van der Waals surface area contributed by atoms with Gasteiger partial charge in [0.25, 0.3) is 0 Å². The molecule has 1 aromatic carbocycles.